The molecule has 0 heterocycles. The van der Waals surface area contributed by atoms with E-state index in [4.69, 9.17) is 23.3 Å². The van der Waals surface area contributed by atoms with Crippen LogP contribution in [0.2, 0.25) is 0 Å². The zero-order valence-corrected chi connectivity index (χ0v) is 52.4. The van der Waals surface area contributed by atoms with Gasteiger partial charge in [-0.2, -0.15) is 0 Å². The molecule has 0 aromatic carbocycles. The van der Waals surface area contributed by atoms with Gasteiger partial charge in [0.2, 0.25) is 0 Å². The second-order valence-electron chi connectivity index (χ2n) is 21.9. The van der Waals surface area contributed by atoms with Crippen molar-refractivity contribution in [2.45, 2.75) is 315 Å². The van der Waals surface area contributed by atoms with Gasteiger partial charge in [0.25, 0.3) is 0 Å². The third-order valence-electron chi connectivity index (χ3n) is 14.2. The third-order valence-corrected chi connectivity index (χ3v) is 15.1. The van der Waals surface area contributed by atoms with Gasteiger partial charge in [-0.05, 0) is 57.8 Å². The summed E-state index contributed by atoms with van der Waals surface area (Å²) in [5, 5.41) is 9.86. The van der Waals surface area contributed by atoms with Crippen LogP contribution in [0.1, 0.15) is 303 Å². The molecule has 0 rings (SSSR count). The lowest BCUT2D eigenvalue weighted by Crippen LogP contribution is -2.30. The van der Waals surface area contributed by atoms with Gasteiger partial charge >= 0.3 is 25.7 Å². The molecular formula is C68H121O11P. The Hall–Kier alpha value is -3.08. The van der Waals surface area contributed by atoms with Crippen LogP contribution in [0.15, 0.2) is 72.9 Å². The minimum absolute atomic E-state index is 0.0438. The van der Waals surface area contributed by atoms with Crippen molar-refractivity contribution in [3.63, 3.8) is 0 Å². The standard InChI is InChI=1S/C68H121O11P/c1-4-7-10-13-16-19-22-25-28-31-32-35-38-41-44-47-50-53-56-59-68(72)79-65(61-75-66(70)57-54-51-48-45-42-39-36-33-29-26-23-20-17-14-11-8-5-2)63-77-80(73,74)76-62-64(60-69)78-67(71)58-55-52-49-46-43-40-37-34-30-27-24-21-18-15-12-9-6-3/h7,10,16,19,25,28,32,35,41,44,50,53,64-65,69H,4-6,8-9,11-15,17-18,20-24,26-27,29-31,33-34,36-40,42-43,45-49,51-52,54-63H2,1-3H3,(H,73,74)/b10-7-,19-16-,28-25-,35-32-,44-41-,53-50-. The van der Waals surface area contributed by atoms with E-state index in [0.717, 1.165) is 77.0 Å². The largest absolute Gasteiger partial charge is 0.472 e. The number of aliphatic hydroxyl groups excluding tert-OH is 1. The van der Waals surface area contributed by atoms with Crippen molar-refractivity contribution in [2.24, 2.45) is 0 Å². The monoisotopic (exact) mass is 1140 g/mol. The number of hydrogen-bond acceptors (Lipinski definition) is 10. The summed E-state index contributed by atoms with van der Waals surface area (Å²) in [6, 6.07) is 0. The average Bonchev–Trinajstić information content (AvgIpc) is 3.45. The van der Waals surface area contributed by atoms with Crippen molar-refractivity contribution >= 4 is 25.7 Å². The summed E-state index contributed by atoms with van der Waals surface area (Å²) in [4.78, 5) is 48.7. The highest BCUT2D eigenvalue weighted by Gasteiger charge is 2.28. The summed E-state index contributed by atoms with van der Waals surface area (Å²) in [6.07, 6.45) is 71.6. The van der Waals surface area contributed by atoms with Gasteiger partial charge < -0.3 is 24.2 Å². The second-order valence-corrected chi connectivity index (χ2v) is 23.4. The number of phosphoric acid groups is 1. The Bertz CT molecular complexity index is 1620. The molecule has 0 saturated heterocycles. The first-order valence-corrected chi connectivity index (χ1v) is 34.3. The molecule has 0 fully saturated rings. The lowest BCUT2D eigenvalue weighted by atomic mass is 10.0. The maximum Gasteiger partial charge on any atom is 0.472 e. The number of allylic oxidation sites excluding steroid dienone is 12. The number of ether oxygens (including phenoxy) is 3. The van der Waals surface area contributed by atoms with E-state index in [1.807, 2.05) is 12.2 Å². The number of carbonyl (C=O) groups excluding carboxylic acids is 3. The van der Waals surface area contributed by atoms with Crippen molar-refractivity contribution in [1.29, 1.82) is 0 Å². The molecule has 0 aromatic heterocycles. The van der Waals surface area contributed by atoms with Gasteiger partial charge in [0.1, 0.15) is 12.7 Å². The maximum atomic E-state index is 13.0. The van der Waals surface area contributed by atoms with E-state index in [1.54, 1.807) is 0 Å². The average molecular weight is 1150 g/mol. The van der Waals surface area contributed by atoms with E-state index in [-0.39, 0.29) is 25.9 Å². The molecule has 0 bridgehead atoms. The van der Waals surface area contributed by atoms with Crippen molar-refractivity contribution in [1.82, 2.24) is 0 Å². The molecule has 0 spiro atoms. The summed E-state index contributed by atoms with van der Waals surface area (Å²) in [5.41, 5.74) is 0. The lowest BCUT2D eigenvalue weighted by molar-refractivity contribution is -0.161. The molecule has 2 N–H and O–H groups in total. The van der Waals surface area contributed by atoms with Gasteiger partial charge in [-0.1, -0.05) is 299 Å². The highest BCUT2D eigenvalue weighted by atomic mass is 31.2. The molecule has 0 aliphatic rings. The summed E-state index contributed by atoms with van der Waals surface area (Å²) < 4.78 is 39.6. The van der Waals surface area contributed by atoms with E-state index >= 15 is 0 Å². The molecule has 0 radical (unpaired) electrons. The van der Waals surface area contributed by atoms with E-state index < -0.39 is 57.8 Å². The fourth-order valence-electron chi connectivity index (χ4n) is 9.21. The molecule has 12 heteroatoms. The molecular weight excluding hydrogens is 1020 g/mol. The summed E-state index contributed by atoms with van der Waals surface area (Å²) in [6.45, 7) is 4.51. The summed E-state index contributed by atoms with van der Waals surface area (Å²) >= 11 is 0. The van der Waals surface area contributed by atoms with Crippen LogP contribution < -0.4 is 0 Å². The SMILES string of the molecule is CC/C=C\C/C=C\C/C=C\C/C=C\C/C=C\C/C=C\CCC(=O)OC(COC(=O)CCCCCCCCCCCCCCCCCCC)COP(=O)(O)OCC(CO)OC(=O)CCCCCCCCCCCCCCCCCCC. The number of unbranched alkanes of at least 4 members (excludes halogenated alkanes) is 32. The van der Waals surface area contributed by atoms with Crippen LogP contribution in [0.25, 0.3) is 0 Å². The van der Waals surface area contributed by atoms with E-state index in [9.17, 15) is 28.9 Å². The maximum absolute atomic E-state index is 13.0. The molecule has 0 aliphatic heterocycles. The number of hydrogen-bond donors (Lipinski definition) is 2. The minimum Gasteiger partial charge on any atom is -0.462 e. The Morgan fingerprint density at radius 3 is 1.00 bits per heavy atom. The first-order valence-electron chi connectivity index (χ1n) is 32.8. The van der Waals surface area contributed by atoms with E-state index in [2.05, 4.69) is 81.5 Å². The molecule has 0 saturated carbocycles. The number of phosphoric ester groups is 1. The van der Waals surface area contributed by atoms with E-state index in [0.29, 0.717) is 19.3 Å². The molecule has 0 amide bonds. The third kappa shape index (κ3) is 59.5. The fourth-order valence-corrected chi connectivity index (χ4v) is 9.99. The van der Waals surface area contributed by atoms with Gasteiger partial charge in [0.05, 0.1) is 19.8 Å². The van der Waals surface area contributed by atoms with Gasteiger partial charge in [-0.3, -0.25) is 23.4 Å². The minimum atomic E-state index is -4.77. The van der Waals surface area contributed by atoms with Crippen LogP contribution in [0.4, 0.5) is 0 Å². The number of rotatable bonds is 61. The molecule has 3 unspecified atom stereocenters. The molecule has 3 atom stereocenters. The van der Waals surface area contributed by atoms with Crippen LogP contribution in [0.3, 0.4) is 0 Å². The summed E-state index contributed by atoms with van der Waals surface area (Å²) in [5.74, 6) is -1.55. The number of aliphatic hydroxyl groups is 1. The van der Waals surface area contributed by atoms with Gasteiger partial charge in [0.15, 0.2) is 6.10 Å². The van der Waals surface area contributed by atoms with Crippen molar-refractivity contribution in [3.8, 4) is 0 Å². The zero-order valence-electron chi connectivity index (χ0n) is 51.5. The number of carbonyl (C=O) groups is 3. The molecule has 0 aliphatic carbocycles. The Balaban J connectivity index is 4.76. The van der Waals surface area contributed by atoms with Crippen LogP contribution in [0.5, 0.6) is 0 Å². The topological polar surface area (TPSA) is 155 Å². The molecule has 464 valence electrons. The fraction of sp³-hybridized carbons (Fsp3) is 0.779. The smallest absolute Gasteiger partial charge is 0.462 e. The van der Waals surface area contributed by atoms with Gasteiger partial charge in [-0.25, -0.2) is 4.57 Å². The first-order chi connectivity index (χ1) is 39.2. The molecule has 0 aromatic rings. The van der Waals surface area contributed by atoms with Crippen LogP contribution in [-0.2, 0) is 42.2 Å². The quantitative estimate of drug-likeness (QED) is 0.0197. The van der Waals surface area contributed by atoms with Crippen molar-refractivity contribution in [3.05, 3.63) is 72.9 Å². The summed E-state index contributed by atoms with van der Waals surface area (Å²) in [7, 11) is -4.77. The Morgan fingerprint density at radius 2 is 0.650 bits per heavy atom. The zero-order chi connectivity index (χ0) is 58.3. The normalized spacial score (nSPS) is 13.7. The molecule has 80 heavy (non-hydrogen) atoms. The first kappa shape index (κ1) is 76.9. The Kier molecular flexibility index (Phi) is 59.6. The van der Waals surface area contributed by atoms with Gasteiger partial charge in [0, 0.05) is 19.3 Å². The number of esters is 3. The van der Waals surface area contributed by atoms with Crippen molar-refractivity contribution < 1.29 is 52.2 Å². The predicted molar refractivity (Wildman–Crippen MR) is 335 cm³/mol. The van der Waals surface area contributed by atoms with E-state index in [1.165, 1.54) is 167 Å². The lowest BCUT2D eigenvalue weighted by Gasteiger charge is -2.21. The predicted octanol–water partition coefficient (Wildman–Crippen LogP) is 20.0. The molecule has 11 nitrogen and oxygen atoms in total. The highest BCUT2D eigenvalue weighted by molar-refractivity contribution is 7.47. The van der Waals surface area contributed by atoms with Crippen LogP contribution >= 0.6 is 7.82 Å². The van der Waals surface area contributed by atoms with Crippen LogP contribution in [-0.4, -0.2) is 66.5 Å². The highest BCUT2D eigenvalue weighted by Crippen LogP contribution is 2.43. The van der Waals surface area contributed by atoms with Crippen LogP contribution in [0, 0.1) is 0 Å². The Morgan fingerprint density at radius 1 is 0.362 bits per heavy atom. The Labute approximate surface area is 490 Å². The van der Waals surface area contributed by atoms with Crippen molar-refractivity contribution in [2.75, 3.05) is 26.4 Å². The van der Waals surface area contributed by atoms with Gasteiger partial charge in [-0.15, -0.1) is 0 Å². The second kappa shape index (κ2) is 62.0.